The number of nitro benzene ring substituents is 1. The molecule has 10 nitrogen and oxygen atoms in total. The molecule has 3 heterocycles. The molecule has 4 rings (SSSR count). The predicted molar refractivity (Wildman–Crippen MR) is 130 cm³/mol. The Labute approximate surface area is 199 Å². The van der Waals surface area contributed by atoms with Gasteiger partial charge in [0.05, 0.1) is 15.5 Å². The van der Waals surface area contributed by atoms with Gasteiger partial charge >= 0.3 is 0 Å². The number of anilines is 1. The number of nitro groups is 1. The Morgan fingerprint density at radius 3 is 2.62 bits per heavy atom. The summed E-state index contributed by atoms with van der Waals surface area (Å²) in [5.74, 6) is 0.484. The number of nitrogens with zero attached hydrogens (tertiary/aromatic N) is 5. The quantitative estimate of drug-likeness (QED) is 0.292. The van der Waals surface area contributed by atoms with Crippen molar-refractivity contribution in [2.45, 2.75) is 51.3 Å². The molecule has 2 aromatic heterocycles. The van der Waals surface area contributed by atoms with E-state index in [0.717, 1.165) is 41.6 Å². The predicted octanol–water partition coefficient (Wildman–Crippen LogP) is 3.72. The van der Waals surface area contributed by atoms with Crippen molar-refractivity contribution in [2.24, 2.45) is 5.92 Å². The summed E-state index contributed by atoms with van der Waals surface area (Å²) in [4.78, 5) is 15.6. The van der Waals surface area contributed by atoms with Gasteiger partial charge in [-0.2, -0.15) is 9.40 Å². The first-order chi connectivity index (χ1) is 16.1. The summed E-state index contributed by atoms with van der Waals surface area (Å²) in [5, 5.41) is 19.3. The number of benzene rings is 1. The van der Waals surface area contributed by atoms with E-state index in [1.165, 1.54) is 16.4 Å². The zero-order valence-electron chi connectivity index (χ0n) is 19.7. The van der Waals surface area contributed by atoms with Crippen LogP contribution in [-0.2, 0) is 16.4 Å². The maximum Gasteiger partial charge on any atom is 0.293 e. The van der Waals surface area contributed by atoms with Gasteiger partial charge in [0, 0.05) is 43.2 Å². The average molecular weight is 487 g/mol. The Morgan fingerprint density at radius 1 is 1.18 bits per heavy atom. The van der Waals surface area contributed by atoms with Gasteiger partial charge < -0.3 is 5.32 Å². The third-order valence-electron chi connectivity index (χ3n) is 6.26. The number of piperidine rings is 1. The molecule has 0 aliphatic carbocycles. The van der Waals surface area contributed by atoms with Gasteiger partial charge in [-0.05, 0) is 63.6 Å². The van der Waals surface area contributed by atoms with Crippen LogP contribution in [0.25, 0.3) is 5.65 Å². The molecule has 182 valence electrons. The number of rotatable bonds is 8. The van der Waals surface area contributed by atoms with E-state index >= 15 is 0 Å². The molecule has 0 amide bonds. The van der Waals surface area contributed by atoms with E-state index in [2.05, 4.69) is 22.3 Å². The third-order valence-corrected chi connectivity index (χ3v) is 8.15. The van der Waals surface area contributed by atoms with Gasteiger partial charge in [0.15, 0.2) is 5.65 Å². The van der Waals surface area contributed by atoms with Crippen LogP contribution in [0.4, 0.5) is 11.4 Å². The monoisotopic (exact) mass is 486 g/mol. The van der Waals surface area contributed by atoms with Gasteiger partial charge in [0.2, 0.25) is 10.0 Å². The zero-order chi connectivity index (χ0) is 24.5. The minimum atomic E-state index is -3.75. The fraction of sp³-hybridized carbons (Fsp3) is 0.478. The first-order valence-electron chi connectivity index (χ1n) is 11.5. The van der Waals surface area contributed by atoms with E-state index in [1.54, 1.807) is 0 Å². The van der Waals surface area contributed by atoms with E-state index in [9.17, 15) is 18.5 Å². The Kier molecular flexibility index (Phi) is 6.85. The van der Waals surface area contributed by atoms with Crippen molar-refractivity contribution < 1.29 is 13.3 Å². The number of fused-ring (bicyclic) bond motifs is 1. The zero-order valence-corrected chi connectivity index (χ0v) is 20.5. The summed E-state index contributed by atoms with van der Waals surface area (Å²) in [6.07, 6.45) is 2.97. The van der Waals surface area contributed by atoms with Gasteiger partial charge in [0.25, 0.3) is 5.69 Å². The number of hydrogen-bond donors (Lipinski definition) is 1. The maximum absolute atomic E-state index is 13.0. The first kappa shape index (κ1) is 24.1. The molecule has 0 bridgehead atoms. The van der Waals surface area contributed by atoms with Crippen LogP contribution in [0.3, 0.4) is 0 Å². The van der Waals surface area contributed by atoms with Crippen LogP contribution in [0.5, 0.6) is 0 Å². The molecular formula is C23H30N6O4S. The fourth-order valence-corrected chi connectivity index (χ4v) is 5.79. The molecular weight excluding hydrogens is 456 g/mol. The number of aryl methyl sites for hydroxylation is 3. The van der Waals surface area contributed by atoms with Crippen molar-refractivity contribution in [3.63, 3.8) is 0 Å². The lowest BCUT2D eigenvalue weighted by molar-refractivity contribution is -0.384. The molecule has 0 atom stereocenters. The highest BCUT2D eigenvalue weighted by Gasteiger charge is 2.30. The van der Waals surface area contributed by atoms with E-state index < -0.39 is 14.9 Å². The highest BCUT2D eigenvalue weighted by molar-refractivity contribution is 7.89. The molecule has 0 radical (unpaired) electrons. The summed E-state index contributed by atoms with van der Waals surface area (Å²) < 4.78 is 29.2. The maximum atomic E-state index is 13.0. The molecule has 34 heavy (non-hydrogen) atoms. The van der Waals surface area contributed by atoms with Crippen LogP contribution in [0.1, 0.15) is 43.3 Å². The number of nitrogens with one attached hydrogen (secondary N) is 1. The van der Waals surface area contributed by atoms with Crippen molar-refractivity contribution in [3.05, 3.63) is 57.5 Å². The van der Waals surface area contributed by atoms with Crippen molar-refractivity contribution >= 4 is 27.0 Å². The minimum Gasteiger partial charge on any atom is -0.379 e. The molecule has 0 spiro atoms. The van der Waals surface area contributed by atoms with E-state index in [1.807, 2.05) is 30.5 Å². The summed E-state index contributed by atoms with van der Waals surface area (Å²) in [7, 11) is -3.75. The third kappa shape index (κ3) is 5.05. The van der Waals surface area contributed by atoms with Crippen molar-refractivity contribution in [2.75, 3.05) is 25.0 Å². The Bertz CT molecular complexity index is 1310. The van der Waals surface area contributed by atoms with Crippen LogP contribution in [0.15, 0.2) is 35.2 Å². The van der Waals surface area contributed by atoms with Crippen LogP contribution in [0, 0.1) is 29.9 Å². The normalized spacial score (nSPS) is 15.6. The summed E-state index contributed by atoms with van der Waals surface area (Å²) >= 11 is 0. The summed E-state index contributed by atoms with van der Waals surface area (Å²) in [6, 6.07) is 8.01. The van der Waals surface area contributed by atoms with Gasteiger partial charge in [-0.15, -0.1) is 0 Å². The van der Waals surface area contributed by atoms with Crippen molar-refractivity contribution in [1.29, 1.82) is 0 Å². The highest BCUT2D eigenvalue weighted by atomic mass is 32.2. The van der Waals surface area contributed by atoms with Crippen LogP contribution >= 0.6 is 0 Å². The lowest BCUT2D eigenvalue weighted by Gasteiger charge is -2.29. The molecule has 3 aromatic rings. The number of hydrogen-bond acceptors (Lipinski definition) is 7. The second kappa shape index (κ2) is 9.67. The van der Waals surface area contributed by atoms with Crippen molar-refractivity contribution in [1.82, 2.24) is 18.9 Å². The standard InChI is InChI=1S/C23H30N6O4S/c1-16-8-11-27(12-9-16)34(32,33)20-6-7-21(22(15-20)29(30)31)24-10-4-5-19-14-23-25-17(2)13-18(3)28(23)26-19/h6-7,13-16,24H,4-5,8-12H2,1-3H3. The number of aromatic nitrogens is 3. The van der Waals surface area contributed by atoms with Crippen LogP contribution in [0.2, 0.25) is 0 Å². The van der Waals surface area contributed by atoms with Gasteiger partial charge in [-0.25, -0.2) is 17.9 Å². The SMILES string of the molecule is Cc1cc(C)n2nc(CCCNc3ccc(S(=O)(=O)N4CCC(C)CC4)cc3[N+](=O)[O-])cc2n1. The Hall–Kier alpha value is -3.05. The second-order valence-electron chi connectivity index (χ2n) is 9.00. The first-order valence-corrected chi connectivity index (χ1v) is 12.9. The summed E-state index contributed by atoms with van der Waals surface area (Å²) in [5.41, 5.74) is 3.71. The topological polar surface area (TPSA) is 123 Å². The average Bonchev–Trinajstić information content (AvgIpc) is 3.20. The molecule has 1 aliphatic rings. The molecule has 1 saturated heterocycles. The second-order valence-corrected chi connectivity index (χ2v) is 10.9. The van der Waals surface area contributed by atoms with Gasteiger partial charge in [0.1, 0.15) is 5.69 Å². The molecule has 0 saturated carbocycles. The largest absolute Gasteiger partial charge is 0.379 e. The Morgan fingerprint density at radius 2 is 1.91 bits per heavy atom. The minimum absolute atomic E-state index is 0.0397. The lowest BCUT2D eigenvalue weighted by atomic mass is 10.0. The summed E-state index contributed by atoms with van der Waals surface area (Å²) in [6.45, 7) is 7.39. The fourth-order valence-electron chi connectivity index (χ4n) is 4.30. The smallest absolute Gasteiger partial charge is 0.293 e. The van der Waals surface area contributed by atoms with E-state index in [0.29, 0.717) is 44.1 Å². The van der Waals surface area contributed by atoms with Crippen LogP contribution < -0.4 is 5.32 Å². The molecule has 0 unspecified atom stereocenters. The molecule has 11 heteroatoms. The molecule has 1 N–H and O–H groups in total. The molecule has 1 aliphatic heterocycles. The van der Waals surface area contributed by atoms with Gasteiger partial charge in [-0.3, -0.25) is 10.1 Å². The highest BCUT2D eigenvalue weighted by Crippen LogP contribution is 2.30. The van der Waals surface area contributed by atoms with E-state index in [4.69, 9.17) is 0 Å². The van der Waals surface area contributed by atoms with Crippen molar-refractivity contribution in [3.8, 4) is 0 Å². The molecule has 1 fully saturated rings. The van der Waals surface area contributed by atoms with Gasteiger partial charge in [-0.1, -0.05) is 6.92 Å². The number of sulfonamides is 1. The van der Waals surface area contributed by atoms with E-state index in [-0.39, 0.29) is 10.6 Å². The van der Waals surface area contributed by atoms with Crippen LogP contribution in [-0.4, -0.2) is 51.9 Å². The molecule has 1 aromatic carbocycles. The Balaban J connectivity index is 1.42. The lowest BCUT2D eigenvalue weighted by Crippen LogP contribution is -2.37.